The Morgan fingerprint density at radius 2 is 2.00 bits per heavy atom. The molecule has 7 heavy (non-hydrogen) atoms. The van der Waals surface area contributed by atoms with Crippen LogP contribution in [0.15, 0.2) is 0 Å². The second-order valence-corrected chi connectivity index (χ2v) is 1.04. The maximum absolute atomic E-state index is 8.08. The fraction of sp³-hybridized carbons (Fsp3) is 0.667. The summed E-state index contributed by atoms with van der Waals surface area (Å²) in [6.45, 7) is 5.02. The molecular weight excluding hydrogens is 98.0 g/mol. The molecule has 0 unspecified atom stereocenters. The van der Waals surface area contributed by atoms with Crippen LogP contribution in [0.2, 0.25) is 0 Å². The summed E-state index contributed by atoms with van der Waals surface area (Å²) in [6, 6.07) is 0. The van der Waals surface area contributed by atoms with E-state index in [1.54, 1.807) is 0 Å². The van der Waals surface area contributed by atoms with Gasteiger partial charge in [0.2, 0.25) is 0 Å². The van der Waals surface area contributed by atoms with E-state index in [0.717, 1.165) is 0 Å². The highest BCUT2D eigenvalue weighted by Crippen LogP contribution is 1.95. The Morgan fingerprint density at radius 3 is 2.00 bits per heavy atom. The Labute approximate surface area is 40.5 Å². The van der Waals surface area contributed by atoms with Gasteiger partial charge in [-0.1, -0.05) is 0 Å². The summed E-state index contributed by atoms with van der Waals surface area (Å²) in [5.74, 6) is -2.57. The first kappa shape index (κ1) is 6.37. The molecule has 0 aromatic rings. The fourth-order valence-electron chi connectivity index (χ4n) is 0.0354. The van der Waals surface area contributed by atoms with Crippen LogP contribution >= 0.6 is 0 Å². The van der Waals surface area contributed by atoms with Crippen molar-refractivity contribution in [1.29, 1.82) is 0 Å². The maximum atomic E-state index is 8.08. The maximum Gasteiger partial charge on any atom is 0.475 e. The highest BCUT2D eigenvalue weighted by atomic mass is 16.5. The highest BCUT2D eigenvalue weighted by Gasteiger charge is 2.27. The molecule has 0 aromatic carbocycles. The summed E-state index contributed by atoms with van der Waals surface area (Å²) in [5.41, 5.74) is 0. The Morgan fingerprint density at radius 1 is 1.57 bits per heavy atom. The van der Waals surface area contributed by atoms with Crippen LogP contribution in [0.4, 0.5) is 0 Å². The molecule has 0 fully saturated rings. The summed E-state index contributed by atoms with van der Waals surface area (Å²) in [6.07, 6.45) is 0. The number of rotatable bonds is 1. The third kappa shape index (κ3) is 2.11. The lowest BCUT2D eigenvalue weighted by Gasteiger charge is -1.99. The van der Waals surface area contributed by atoms with Crippen molar-refractivity contribution < 1.29 is 15.3 Å². The topological polar surface area (TPSA) is 65.0 Å². The van der Waals surface area contributed by atoms with Gasteiger partial charge in [-0.3, -0.25) is 10.2 Å². The molecule has 0 amide bonds. The van der Waals surface area contributed by atoms with Gasteiger partial charge in [0, 0.05) is 0 Å². The first-order valence-electron chi connectivity index (χ1n) is 1.56. The van der Waals surface area contributed by atoms with Gasteiger partial charge < -0.3 is 5.11 Å². The highest BCUT2D eigenvalue weighted by molar-refractivity contribution is 4.72. The SMILES string of the molecule is [C-]#[N+]C(O)(O)CO. The standard InChI is InChI=1S/C3H5NO3/c1-4-3(6,7)2-5/h5-7H,2H2. The van der Waals surface area contributed by atoms with E-state index < -0.39 is 12.5 Å². The van der Waals surface area contributed by atoms with E-state index in [1.807, 2.05) is 0 Å². The normalized spacial score (nSPS) is 10.6. The summed E-state index contributed by atoms with van der Waals surface area (Å²) in [7, 11) is 0. The first-order valence-corrected chi connectivity index (χ1v) is 1.56. The molecule has 0 atom stereocenters. The molecule has 0 spiro atoms. The molecule has 40 valence electrons. The van der Waals surface area contributed by atoms with Gasteiger partial charge in [0.15, 0.2) is 6.61 Å². The fourth-order valence-corrected chi connectivity index (χ4v) is 0.0354. The van der Waals surface area contributed by atoms with Crippen LogP contribution < -0.4 is 0 Å². The number of nitrogens with zero attached hydrogens (tertiary/aromatic N) is 1. The van der Waals surface area contributed by atoms with Gasteiger partial charge in [-0.2, -0.15) is 0 Å². The smallest absolute Gasteiger partial charge is 0.383 e. The molecule has 0 aromatic heterocycles. The van der Waals surface area contributed by atoms with Crippen LogP contribution in [0.5, 0.6) is 0 Å². The molecule has 4 nitrogen and oxygen atoms in total. The second-order valence-electron chi connectivity index (χ2n) is 1.04. The van der Waals surface area contributed by atoms with Crippen LogP contribution in [-0.2, 0) is 0 Å². The zero-order valence-electron chi connectivity index (χ0n) is 3.50. The van der Waals surface area contributed by atoms with Crippen molar-refractivity contribution >= 4 is 0 Å². The molecule has 0 rings (SSSR count). The minimum Gasteiger partial charge on any atom is -0.383 e. The lowest BCUT2D eigenvalue weighted by Crippen LogP contribution is -2.27. The zero-order valence-corrected chi connectivity index (χ0v) is 3.50. The van der Waals surface area contributed by atoms with Crippen molar-refractivity contribution in [2.24, 2.45) is 0 Å². The van der Waals surface area contributed by atoms with E-state index in [2.05, 4.69) is 4.85 Å². The van der Waals surface area contributed by atoms with Crippen molar-refractivity contribution in [3.05, 3.63) is 11.4 Å². The van der Waals surface area contributed by atoms with Gasteiger partial charge in [-0.15, -0.1) is 0 Å². The Bertz CT molecular complexity index is 92.8. The molecule has 0 aliphatic heterocycles. The Balaban J connectivity index is 3.66. The van der Waals surface area contributed by atoms with Gasteiger partial charge in [-0.05, 0) is 0 Å². The van der Waals surface area contributed by atoms with Crippen LogP contribution in [0.3, 0.4) is 0 Å². The van der Waals surface area contributed by atoms with Gasteiger partial charge in [0.05, 0.1) is 0 Å². The minimum atomic E-state index is -2.57. The Hall–Kier alpha value is -0.630. The monoisotopic (exact) mass is 103 g/mol. The molecule has 0 saturated carbocycles. The summed E-state index contributed by atoms with van der Waals surface area (Å²) in [4.78, 5) is 2.25. The van der Waals surface area contributed by atoms with Crippen molar-refractivity contribution in [2.75, 3.05) is 6.61 Å². The second kappa shape index (κ2) is 1.89. The summed E-state index contributed by atoms with van der Waals surface area (Å²) >= 11 is 0. The van der Waals surface area contributed by atoms with Gasteiger partial charge in [0.1, 0.15) is 0 Å². The summed E-state index contributed by atoms with van der Waals surface area (Å²) < 4.78 is 0. The number of hydrogen-bond acceptors (Lipinski definition) is 3. The third-order valence-corrected chi connectivity index (χ3v) is 0.391. The molecule has 4 heteroatoms. The van der Waals surface area contributed by atoms with Crippen molar-refractivity contribution in [2.45, 2.75) is 5.91 Å². The van der Waals surface area contributed by atoms with E-state index in [9.17, 15) is 0 Å². The molecular formula is C3H5NO3. The molecule has 0 radical (unpaired) electrons. The van der Waals surface area contributed by atoms with Gasteiger partial charge in [-0.25, -0.2) is 11.4 Å². The number of aliphatic hydroxyl groups excluding tert-OH is 1. The van der Waals surface area contributed by atoms with Crippen LogP contribution in [0.25, 0.3) is 4.85 Å². The lowest BCUT2D eigenvalue weighted by molar-refractivity contribution is -0.149. The van der Waals surface area contributed by atoms with E-state index >= 15 is 0 Å². The van der Waals surface area contributed by atoms with Crippen LogP contribution in [0, 0.1) is 6.57 Å². The van der Waals surface area contributed by atoms with Crippen LogP contribution in [0.1, 0.15) is 0 Å². The third-order valence-electron chi connectivity index (χ3n) is 0.391. The number of hydrogen-bond donors (Lipinski definition) is 3. The van der Waals surface area contributed by atoms with E-state index in [4.69, 9.17) is 21.9 Å². The Kier molecular flexibility index (Phi) is 1.72. The van der Waals surface area contributed by atoms with E-state index in [0.29, 0.717) is 0 Å². The van der Waals surface area contributed by atoms with Gasteiger partial charge in [0.25, 0.3) is 0 Å². The molecule has 0 aliphatic rings. The average Bonchev–Trinajstić information content (AvgIpc) is 1.68. The first-order chi connectivity index (χ1) is 3.12. The van der Waals surface area contributed by atoms with Gasteiger partial charge >= 0.3 is 5.91 Å². The minimum absolute atomic E-state index is 0.948. The molecule has 3 N–H and O–H groups in total. The predicted octanol–water partition coefficient (Wildman–Crippen LogP) is -1.46. The van der Waals surface area contributed by atoms with Crippen molar-refractivity contribution in [3.63, 3.8) is 0 Å². The van der Waals surface area contributed by atoms with Crippen molar-refractivity contribution in [1.82, 2.24) is 0 Å². The molecule has 0 heterocycles. The lowest BCUT2D eigenvalue weighted by atomic mass is 10.6. The van der Waals surface area contributed by atoms with Crippen LogP contribution in [-0.4, -0.2) is 27.8 Å². The number of aliphatic hydroxyl groups is 3. The summed E-state index contributed by atoms with van der Waals surface area (Å²) in [5, 5.41) is 24.0. The molecule has 0 saturated heterocycles. The van der Waals surface area contributed by atoms with E-state index in [-0.39, 0.29) is 0 Å². The average molecular weight is 103 g/mol. The quantitative estimate of drug-likeness (QED) is 0.280. The molecule has 0 aliphatic carbocycles. The largest absolute Gasteiger partial charge is 0.475 e. The molecule has 0 bridgehead atoms. The van der Waals surface area contributed by atoms with Crippen molar-refractivity contribution in [3.8, 4) is 0 Å². The van der Waals surface area contributed by atoms with E-state index in [1.165, 1.54) is 0 Å². The predicted molar refractivity (Wildman–Crippen MR) is 20.9 cm³/mol. The zero-order chi connectivity index (χ0) is 5.91.